The molecule has 170 valence electrons. The van der Waals surface area contributed by atoms with Crippen molar-refractivity contribution in [3.63, 3.8) is 0 Å². The number of thioether (sulfide) groups is 1. The van der Waals surface area contributed by atoms with Gasteiger partial charge in [-0.3, -0.25) is 9.59 Å². The predicted molar refractivity (Wildman–Crippen MR) is 143 cm³/mol. The van der Waals surface area contributed by atoms with Gasteiger partial charge >= 0.3 is 0 Å². The maximum absolute atomic E-state index is 12.6. The van der Waals surface area contributed by atoms with Crippen LogP contribution < -0.4 is 16.0 Å². The summed E-state index contributed by atoms with van der Waals surface area (Å²) >= 11 is 19.0. The number of hydrogen-bond acceptors (Lipinski definition) is 4. The van der Waals surface area contributed by atoms with Crippen LogP contribution in [0.25, 0.3) is 0 Å². The molecule has 0 bridgehead atoms. The number of hydrogen-bond donors (Lipinski definition) is 3. The second-order valence-corrected chi connectivity index (χ2v) is 9.70. The first-order valence-corrected chi connectivity index (χ1v) is 12.0. The fourth-order valence-electron chi connectivity index (χ4n) is 2.82. The number of nitrogens with one attached hydrogen (secondary N) is 3. The number of ketones is 1. The Balaban J connectivity index is 1.58. The zero-order chi connectivity index (χ0) is 24.0. The number of carbonyl (C=O) groups is 2. The molecule has 0 aliphatic rings. The summed E-state index contributed by atoms with van der Waals surface area (Å²) in [6.45, 7) is 3.34. The largest absolute Gasteiger partial charge is 0.332 e. The van der Waals surface area contributed by atoms with E-state index in [0.717, 1.165) is 16.3 Å². The first-order valence-electron chi connectivity index (χ1n) is 9.93. The van der Waals surface area contributed by atoms with Crippen molar-refractivity contribution < 1.29 is 9.59 Å². The maximum atomic E-state index is 12.6. The standard InChI is InChI=1S/C24H21Cl2N3O2S2/c1-14(30)16-9-11-17(12-10-16)27-24(32)28-18-5-3-6-19(13-18)33-15(2)23(31)29-21-8-4-7-20(25)22(21)26/h3-13,15H,1-2H3,(H,29,31)(H2,27,28,32). The van der Waals surface area contributed by atoms with Gasteiger partial charge in [-0.2, -0.15) is 0 Å². The van der Waals surface area contributed by atoms with Gasteiger partial charge in [0.15, 0.2) is 10.9 Å². The Bertz CT molecular complexity index is 1190. The summed E-state index contributed by atoms with van der Waals surface area (Å²) in [5, 5.41) is 9.76. The minimum absolute atomic E-state index is 0.00939. The Kier molecular flexibility index (Phi) is 8.74. The van der Waals surface area contributed by atoms with Crippen LogP contribution in [0.2, 0.25) is 10.0 Å². The third-order valence-electron chi connectivity index (χ3n) is 4.53. The van der Waals surface area contributed by atoms with Crippen molar-refractivity contribution in [1.29, 1.82) is 0 Å². The number of amides is 1. The fourth-order valence-corrected chi connectivity index (χ4v) is 4.33. The third kappa shape index (κ3) is 7.20. The van der Waals surface area contributed by atoms with Gasteiger partial charge in [0.05, 0.1) is 21.0 Å². The molecule has 1 amide bonds. The molecule has 0 fully saturated rings. The lowest BCUT2D eigenvalue weighted by molar-refractivity contribution is -0.115. The second kappa shape index (κ2) is 11.5. The minimum Gasteiger partial charge on any atom is -0.332 e. The number of halogens is 2. The van der Waals surface area contributed by atoms with Crippen LogP contribution in [0.1, 0.15) is 24.2 Å². The van der Waals surface area contributed by atoms with E-state index in [9.17, 15) is 9.59 Å². The first kappa shape index (κ1) is 25.1. The van der Waals surface area contributed by atoms with Gasteiger partial charge in [-0.15, -0.1) is 11.8 Å². The average molecular weight is 518 g/mol. The van der Waals surface area contributed by atoms with E-state index in [1.807, 2.05) is 31.2 Å². The third-order valence-corrected chi connectivity index (χ3v) is 6.65. The van der Waals surface area contributed by atoms with Crippen molar-refractivity contribution in [3.05, 3.63) is 82.3 Å². The smallest absolute Gasteiger partial charge is 0.237 e. The lowest BCUT2D eigenvalue weighted by Crippen LogP contribution is -2.22. The average Bonchev–Trinajstić information content (AvgIpc) is 2.77. The topological polar surface area (TPSA) is 70.2 Å². The van der Waals surface area contributed by atoms with Crippen LogP contribution in [0.3, 0.4) is 0 Å². The van der Waals surface area contributed by atoms with E-state index in [-0.39, 0.29) is 16.9 Å². The van der Waals surface area contributed by atoms with Gasteiger partial charge in [-0.1, -0.05) is 35.3 Å². The van der Waals surface area contributed by atoms with Crippen LogP contribution in [0.5, 0.6) is 0 Å². The monoisotopic (exact) mass is 517 g/mol. The van der Waals surface area contributed by atoms with Crippen LogP contribution in [-0.2, 0) is 4.79 Å². The molecule has 0 aromatic heterocycles. The molecular formula is C24H21Cl2N3O2S2. The molecule has 0 saturated carbocycles. The first-order chi connectivity index (χ1) is 15.7. The molecule has 3 N–H and O–H groups in total. The molecule has 0 aliphatic heterocycles. The van der Waals surface area contributed by atoms with E-state index in [0.29, 0.717) is 26.4 Å². The number of rotatable bonds is 7. The van der Waals surface area contributed by atoms with E-state index in [1.54, 1.807) is 42.5 Å². The molecule has 5 nitrogen and oxygen atoms in total. The van der Waals surface area contributed by atoms with Gasteiger partial charge in [-0.05, 0) is 80.7 Å². The van der Waals surface area contributed by atoms with Crippen LogP contribution in [0, 0.1) is 0 Å². The van der Waals surface area contributed by atoms with E-state index in [2.05, 4.69) is 16.0 Å². The molecule has 3 aromatic rings. The van der Waals surface area contributed by atoms with Crippen LogP contribution >= 0.6 is 47.2 Å². The van der Waals surface area contributed by atoms with Crippen molar-refractivity contribution in [2.75, 3.05) is 16.0 Å². The molecule has 9 heteroatoms. The van der Waals surface area contributed by atoms with E-state index >= 15 is 0 Å². The Morgan fingerprint density at radius 2 is 1.58 bits per heavy atom. The van der Waals surface area contributed by atoms with Gasteiger partial charge in [0.2, 0.25) is 5.91 Å². The summed E-state index contributed by atoms with van der Waals surface area (Å²) in [6, 6.07) is 19.8. The predicted octanol–water partition coefficient (Wildman–Crippen LogP) is 7.12. The summed E-state index contributed by atoms with van der Waals surface area (Å²) in [6.07, 6.45) is 0. The number of benzene rings is 3. The number of anilines is 3. The quantitative estimate of drug-likeness (QED) is 0.176. The summed E-state index contributed by atoms with van der Waals surface area (Å²) < 4.78 is 0. The van der Waals surface area contributed by atoms with Crippen molar-refractivity contribution in [3.8, 4) is 0 Å². The summed E-state index contributed by atoms with van der Waals surface area (Å²) in [5.41, 5.74) is 2.67. The van der Waals surface area contributed by atoms with Crippen molar-refractivity contribution in [2.24, 2.45) is 0 Å². The molecule has 0 aliphatic carbocycles. The summed E-state index contributed by atoms with van der Waals surface area (Å²) in [4.78, 5) is 24.9. The van der Waals surface area contributed by atoms with Crippen molar-refractivity contribution in [2.45, 2.75) is 24.0 Å². The van der Waals surface area contributed by atoms with E-state index < -0.39 is 0 Å². The van der Waals surface area contributed by atoms with Crippen molar-refractivity contribution in [1.82, 2.24) is 0 Å². The Morgan fingerprint density at radius 1 is 0.909 bits per heavy atom. The molecule has 33 heavy (non-hydrogen) atoms. The van der Waals surface area contributed by atoms with Gasteiger partial charge < -0.3 is 16.0 Å². The SMILES string of the molecule is CC(=O)c1ccc(NC(=S)Nc2cccc(SC(C)C(=O)Nc3cccc(Cl)c3Cl)c2)cc1. The van der Waals surface area contributed by atoms with Crippen molar-refractivity contribution >= 4 is 81.0 Å². The van der Waals surface area contributed by atoms with E-state index in [1.165, 1.54) is 18.7 Å². The fraction of sp³-hybridized carbons (Fsp3) is 0.125. The molecule has 0 spiro atoms. The van der Waals surface area contributed by atoms with Crippen LogP contribution in [-0.4, -0.2) is 22.1 Å². The molecule has 3 rings (SSSR count). The lowest BCUT2D eigenvalue weighted by Gasteiger charge is -2.15. The second-order valence-electron chi connectivity index (χ2n) is 7.09. The Hall–Kier alpha value is -2.58. The highest BCUT2D eigenvalue weighted by molar-refractivity contribution is 8.00. The number of Topliss-reactive ketones (excluding diaryl/α,β-unsaturated/α-hetero) is 1. The van der Waals surface area contributed by atoms with Crippen LogP contribution in [0.4, 0.5) is 17.1 Å². The summed E-state index contributed by atoms with van der Waals surface area (Å²) in [5.74, 6) is -0.177. The number of carbonyl (C=O) groups excluding carboxylic acids is 2. The number of thiocarbonyl (C=S) groups is 1. The highest BCUT2D eigenvalue weighted by Crippen LogP contribution is 2.31. The molecule has 0 saturated heterocycles. The highest BCUT2D eigenvalue weighted by atomic mass is 35.5. The highest BCUT2D eigenvalue weighted by Gasteiger charge is 2.17. The van der Waals surface area contributed by atoms with Gasteiger partial charge in [0.25, 0.3) is 0 Å². The molecular weight excluding hydrogens is 497 g/mol. The molecule has 0 radical (unpaired) electrons. The molecule has 1 atom stereocenters. The van der Waals surface area contributed by atoms with Crippen LogP contribution in [0.15, 0.2) is 71.6 Å². The molecule has 3 aromatic carbocycles. The van der Waals surface area contributed by atoms with Gasteiger partial charge in [0.1, 0.15) is 0 Å². The lowest BCUT2D eigenvalue weighted by atomic mass is 10.1. The van der Waals surface area contributed by atoms with Gasteiger partial charge in [0, 0.05) is 21.8 Å². The minimum atomic E-state index is -0.375. The normalized spacial score (nSPS) is 11.4. The Labute approximate surface area is 212 Å². The zero-order valence-electron chi connectivity index (χ0n) is 17.8. The molecule has 0 heterocycles. The summed E-state index contributed by atoms with van der Waals surface area (Å²) in [7, 11) is 0. The maximum Gasteiger partial charge on any atom is 0.237 e. The molecule has 1 unspecified atom stereocenters. The van der Waals surface area contributed by atoms with E-state index in [4.69, 9.17) is 35.4 Å². The van der Waals surface area contributed by atoms with Gasteiger partial charge in [-0.25, -0.2) is 0 Å². The Morgan fingerprint density at radius 3 is 2.27 bits per heavy atom. The zero-order valence-corrected chi connectivity index (χ0v) is 21.0.